The van der Waals surface area contributed by atoms with Crippen LogP contribution in [0.5, 0.6) is 0 Å². The molecular formula is C16H22N2O5. The average molecular weight is 322 g/mol. The van der Waals surface area contributed by atoms with Gasteiger partial charge < -0.3 is 20.1 Å². The lowest BCUT2D eigenvalue weighted by Crippen LogP contribution is -2.39. The minimum Gasteiger partial charge on any atom is -0.465 e. The Morgan fingerprint density at radius 2 is 1.65 bits per heavy atom. The van der Waals surface area contributed by atoms with Crippen molar-refractivity contribution in [3.8, 4) is 0 Å². The standard InChI is InChI=1S/C16H22N2O5/c1-16(2,3)23-15(21)18-10-13(19)17-9-11-5-7-12(8-6-11)14(20)22-4/h5-8H,9-10H2,1-4H3,(H,17,19)(H,18,21). The summed E-state index contributed by atoms with van der Waals surface area (Å²) in [6.45, 7) is 5.34. The van der Waals surface area contributed by atoms with Crippen LogP contribution < -0.4 is 10.6 Å². The predicted octanol–water partition coefficient (Wildman–Crippen LogP) is 1.61. The molecule has 126 valence electrons. The van der Waals surface area contributed by atoms with E-state index in [2.05, 4.69) is 15.4 Å². The number of esters is 1. The van der Waals surface area contributed by atoms with E-state index >= 15 is 0 Å². The van der Waals surface area contributed by atoms with Crippen molar-refractivity contribution in [3.05, 3.63) is 35.4 Å². The first-order valence-corrected chi connectivity index (χ1v) is 7.12. The highest BCUT2D eigenvalue weighted by Gasteiger charge is 2.16. The summed E-state index contributed by atoms with van der Waals surface area (Å²) >= 11 is 0. The first kappa shape index (κ1) is 18.5. The Kier molecular flexibility index (Phi) is 6.56. The number of hydrogen-bond donors (Lipinski definition) is 2. The van der Waals surface area contributed by atoms with Crippen molar-refractivity contribution < 1.29 is 23.9 Å². The third-order valence-corrected chi connectivity index (χ3v) is 2.66. The Bertz CT molecular complexity index is 561. The van der Waals surface area contributed by atoms with Gasteiger partial charge in [0, 0.05) is 6.54 Å². The van der Waals surface area contributed by atoms with Crippen molar-refractivity contribution in [3.63, 3.8) is 0 Å². The second-order valence-corrected chi connectivity index (χ2v) is 5.82. The second kappa shape index (κ2) is 8.17. The largest absolute Gasteiger partial charge is 0.465 e. The molecule has 0 aliphatic rings. The molecule has 0 saturated carbocycles. The van der Waals surface area contributed by atoms with Crippen LogP contribution in [-0.2, 0) is 20.8 Å². The average Bonchev–Trinajstić information content (AvgIpc) is 2.49. The maximum Gasteiger partial charge on any atom is 0.408 e. The molecule has 2 N–H and O–H groups in total. The number of amides is 2. The molecule has 0 heterocycles. The quantitative estimate of drug-likeness (QED) is 0.803. The van der Waals surface area contributed by atoms with Gasteiger partial charge in [0.15, 0.2) is 0 Å². The van der Waals surface area contributed by atoms with Crippen LogP contribution in [0.25, 0.3) is 0 Å². The molecule has 0 aromatic heterocycles. The van der Waals surface area contributed by atoms with Crippen molar-refractivity contribution in [2.75, 3.05) is 13.7 Å². The van der Waals surface area contributed by atoms with Gasteiger partial charge >= 0.3 is 12.1 Å². The lowest BCUT2D eigenvalue weighted by atomic mass is 10.1. The molecule has 0 aliphatic carbocycles. The molecule has 0 unspecified atom stereocenters. The first-order chi connectivity index (χ1) is 10.7. The Balaban J connectivity index is 2.36. The molecule has 2 amide bonds. The molecule has 1 aromatic carbocycles. The van der Waals surface area contributed by atoms with Crippen molar-refractivity contribution in [2.24, 2.45) is 0 Å². The van der Waals surface area contributed by atoms with E-state index in [-0.39, 0.29) is 19.0 Å². The van der Waals surface area contributed by atoms with Gasteiger partial charge in [-0.15, -0.1) is 0 Å². The molecule has 1 rings (SSSR count). The fourth-order valence-electron chi connectivity index (χ4n) is 1.61. The van der Waals surface area contributed by atoms with Crippen LogP contribution in [0.15, 0.2) is 24.3 Å². The van der Waals surface area contributed by atoms with Crippen LogP contribution in [0.4, 0.5) is 4.79 Å². The lowest BCUT2D eigenvalue weighted by Gasteiger charge is -2.19. The highest BCUT2D eigenvalue weighted by atomic mass is 16.6. The van der Waals surface area contributed by atoms with E-state index in [1.165, 1.54) is 7.11 Å². The van der Waals surface area contributed by atoms with Crippen LogP contribution in [0.3, 0.4) is 0 Å². The second-order valence-electron chi connectivity index (χ2n) is 5.82. The number of ether oxygens (including phenoxy) is 2. The van der Waals surface area contributed by atoms with Gasteiger partial charge in [0.1, 0.15) is 12.1 Å². The van der Waals surface area contributed by atoms with Crippen molar-refractivity contribution in [1.82, 2.24) is 10.6 Å². The number of rotatable bonds is 5. The van der Waals surface area contributed by atoms with Crippen LogP contribution in [-0.4, -0.2) is 37.2 Å². The van der Waals surface area contributed by atoms with Crippen molar-refractivity contribution in [1.29, 1.82) is 0 Å². The number of benzene rings is 1. The van der Waals surface area contributed by atoms with E-state index in [0.29, 0.717) is 5.56 Å². The molecule has 7 heteroatoms. The number of carbonyl (C=O) groups is 3. The lowest BCUT2D eigenvalue weighted by molar-refractivity contribution is -0.120. The summed E-state index contributed by atoms with van der Waals surface area (Å²) < 4.78 is 9.63. The van der Waals surface area contributed by atoms with E-state index in [1.54, 1.807) is 45.0 Å². The molecule has 0 fully saturated rings. The van der Waals surface area contributed by atoms with E-state index < -0.39 is 17.7 Å². The zero-order valence-electron chi connectivity index (χ0n) is 13.8. The monoisotopic (exact) mass is 322 g/mol. The summed E-state index contributed by atoms with van der Waals surface area (Å²) in [5, 5.41) is 5.03. The van der Waals surface area contributed by atoms with Gasteiger partial charge in [0.25, 0.3) is 0 Å². The Hall–Kier alpha value is -2.57. The summed E-state index contributed by atoms with van der Waals surface area (Å²) in [6.07, 6.45) is -0.643. The maximum atomic E-state index is 11.7. The summed E-state index contributed by atoms with van der Waals surface area (Å²) in [4.78, 5) is 34.4. The van der Waals surface area contributed by atoms with Crippen LogP contribution >= 0.6 is 0 Å². The number of methoxy groups -OCH3 is 1. The van der Waals surface area contributed by atoms with Gasteiger partial charge in [0.05, 0.1) is 12.7 Å². The maximum absolute atomic E-state index is 11.7. The third kappa shape index (κ3) is 7.30. The van der Waals surface area contributed by atoms with Gasteiger partial charge in [-0.25, -0.2) is 9.59 Å². The summed E-state index contributed by atoms with van der Waals surface area (Å²) in [5.41, 5.74) is 0.652. The molecule has 0 aliphatic heterocycles. The smallest absolute Gasteiger partial charge is 0.408 e. The van der Waals surface area contributed by atoms with Crippen LogP contribution in [0, 0.1) is 0 Å². The highest BCUT2D eigenvalue weighted by Crippen LogP contribution is 2.06. The van der Waals surface area contributed by atoms with Gasteiger partial charge in [-0.1, -0.05) is 12.1 Å². The normalized spacial score (nSPS) is 10.6. The molecule has 0 radical (unpaired) electrons. The number of nitrogens with one attached hydrogen (secondary N) is 2. The van der Waals surface area contributed by atoms with Gasteiger partial charge in [-0.2, -0.15) is 0 Å². The first-order valence-electron chi connectivity index (χ1n) is 7.12. The minimum atomic E-state index is -0.643. The topological polar surface area (TPSA) is 93.7 Å². The summed E-state index contributed by atoms with van der Waals surface area (Å²) in [6, 6.07) is 6.67. The summed E-state index contributed by atoms with van der Waals surface area (Å²) in [7, 11) is 1.31. The Labute approximate surface area is 135 Å². The SMILES string of the molecule is COC(=O)c1ccc(CNC(=O)CNC(=O)OC(C)(C)C)cc1. The molecular weight excluding hydrogens is 300 g/mol. The minimum absolute atomic E-state index is 0.171. The van der Waals surface area contributed by atoms with Gasteiger partial charge in [0.2, 0.25) is 5.91 Å². The van der Waals surface area contributed by atoms with E-state index in [4.69, 9.17) is 4.74 Å². The fourth-order valence-corrected chi connectivity index (χ4v) is 1.61. The molecule has 0 spiro atoms. The fraction of sp³-hybridized carbons (Fsp3) is 0.438. The van der Waals surface area contributed by atoms with E-state index in [1.807, 2.05) is 0 Å². The zero-order chi connectivity index (χ0) is 17.5. The van der Waals surface area contributed by atoms with Gasteiger partial charge in [-0.05, 0) is 38.5 Å². The molecule has 0 bridgehead atoms. The predicted molar refractivity (Wildman–Crippen MR) is 83.9 cm³/mol. The molecule has 7 nitrogen and oxygen atoms in total. The number of carbonyl (C=O) groups excluding carboxylic acids is 3. The number of alkyl carbamates (subject to hydrolysis) is 1. The van der Waals surface area contributed by atoms with Crippen molar-refractivity contribution in [2.45, 2.75) is 32.9 Å². The highest BCUT2D eigenvalue weighted by molar-refractivity contribution is 5.89. The molecule has 23 heavy (non-hydrogen) atoms. The van der Waals surface area contributed by atoms with Crippen LogP contribution in [0.2, 0.25) is 0 Å². The molecule has 0 atom stereocenters. The van der Waals surface area contributed by atoms with Crippen LogP contribution in [0.1, 0.15) is 36.7 Å². The Morgan fingerprint density at radius 3 is 2.17 bits per heavy atom. The molecule has 0 saturated heterocycles. The third-order valence-electron chi connectivity index (χ3n) is 2.66. The van der Waals surface area contributed by atoms with Gasteiger partial charge in [-0.3, -0.25) is 4.79 Å². The molecule has 1 aromatic rings. The number of hydrogen-bond acceptors (Lipinski definition) is 5. The Morgan fingerprint density at radius 1 is 1.04 bits per heavy atom. The summed E-state index contributed by atoms with van der Waals surface area (Å²) in [5.74, 6) is -0.755. The van der Waals surface area contributed by atoms with E-state index in [0.717, 1.165) is 5.56 Å². The van der Waals surface area contributed by atoms with E-state index in [9.17, 15) is 14.4 Å². The zero-order valence-corrected chi connectivity index (χ0v) is 13.8. The van der Waals surface area contributed by atoms with Crippen molar-refractivity contribution >= 4 is 18.0 Å².